The topological polar surface area (TPSA) is 36.4 Å². The minimum atomic E-state index is -5.06. The molecule has 0 spiro atoms. The van der Waals surface area contributed by atoms with E-state index < -0.39 is 46.2 Å². The van der Waals surface area contributed by atoms with Crippen molar-refractivity contribution in [1.29, 1.82) is 0 Å². The lowest BCUT2D eigenvalue weighted by molar-refractivity contribution is -0.143. The molecule has 0 saturated carbocycles. The van der Waals surface area contributed by atoms with Crippen LogP contribution < -0.4 is 9.80 Å². The van der Waals surface area contributed by atoms with E-state index in [0.717, 1.165) is 25.7 Å². The number of likely N-dealkylation sites (N-methyl/N-ethyl adjacent to an activating group) is 1. The summed E-state index contributed by atoms with van der Waals surface area (Å²) in [6.45, 7) is 4.31. The van der Waals surface area contributed by atoms with Gasteiger partial charge in [0.15, 0.2) is 0 Å². The van der Waals surface area contributed by atoms with Crippen LogP contribution in [0.2, 0.25) is 0 Å². The zero-order valence-corrected chi connectivity index (χ0v) is 26.3. The number of carbonyl (C=O) groups excluding carboxylic acids is 1. The van der Waals surface area contributed by atoms with Crippen molar-refractivity contribution in [2.45, 2.75) is 81.6 Å². The summed E-state index contributed by atoms with van der Waals surface area (Å²) in [4.78, 5) is 22.3. The average molecular weight is 654 g/mol. The lowest BCUT2D eigenvalue weighted by Crippen LogP contribution is -2.44. The van der Waals surface area contributed by atoms with Gasteiger partial charge in [0.05, 0.1) is 28.4 Å². The molecule has 2 aromatic carbocycles. The Hall–Kier alpha value is -3.28. The highest BCUT2D eigenvalue weighted by Gasteiger charge is 2.43. The van der Waals surface area contributed by atoms with Gasteiger partial charge in [-0.2, -0.15) is 38.1 Å². The van der Waals surface area contributed by atoms with Crippen LogP contribution in [-0.2, 0) is 22.6 Å². The van der Waals surface area contributed by atoms with Crippen molar-refractivity contribution in [3.8, 4) is 11.1 Å². The van der Waals surface area contributed by atoms with E-state index in [2.05, 4.69) is 11.2 Å². The molecular formula is C33H34F7N3OS. The van der Waals surface area contributed by atoms with Crippen LogP contribution in [0.4, 0.5) is 42.2 Å². The standard InChI is InChI=1S/C33H34F7N3OS/c1-18-10-22(34)6-9-26(18)27-16-29(43-23-7-8-24(43)15-25(14-23)45-5)41-17-28(27)42(4)30(44)31(2,3)19-11-20(32(35,36)37)13-21(12-19)33(38,39)40/h6,9-13,16-17,23-25H,7-8,14-15H2,1-5H3. The minimum Gasteiger partial charge on any atom is -0.351 e. The second kappa shape index (κ2) is 11.8. The molecule has 1 aromatic heterocycles. The highest BCUT2D eigenvalue weighted by Crippen LogP contribution is 2.45. The fraction of sp³-hybridized carbons (Fsp3) is 0.455. The van der Waals surface area contributed by atoms with Crippen LogP contribution in [0.15, 0.2) is 48.7 Å². The quantitative estimate of drug-likeness (QED) is 0.249. The lowest BCUT2D eigenvalue weighted by Gasteiger charge is -2.40. The average Bonchev–Trinajstić information content (AvgIpc) is 3.23. The van der Waals surface area contributed by atoms with Gasteiger partial charge in [-0.15, -0.1) is 0 Å². The minimum absolute atomic E-state index is 0.0426. The number of thioether (sulfide) groups is 1. The van der Waals surface area contributed by atoms with Crippen molar-refractivity contribution < 1.29 is 35.5 Å². The first kappa shape index (κ1) is 33.1. The monoisotopic (exact) mass is 653 g/mol. The number of benzene rings is 2. The molecule has 45 heavy (non-hydrogen) atoms. The van der Waals surface area contributed by atoms with Crippen LogP contribution in [0.5, 0.6) is 0 Å². The molecule has 1 amide bonds. The SMILES string of the molecule is CSC1CC2CCC(C1)N2c1cc(-c2ccc(F)cc2C)c(N(C)C(=O)C(C)(C)c2cc(C(F)(F)F)cc(C(F)(F)F)c2)cn1. The molecule has 2 saturated heterocycles. The highest BCUT2D eigenvalue weighted by atomic mass is 32.2. The summed E-state index contributed by atoms with van der Waals surface area (Å²) < 4.78 is 96.0. The van der Waals surface area contributed by atoms with Gasteiger partial charge in [-0.1, -0.05) is 6.07 Å². The number of pyridine rings is 1. The van der Waals surface area contributed by atoms with Gasteiger partial charge in [-0.25, -0.2) is 9.37 Å². The van der Waals surface area contributed by atoms with E-state index in [4.69, 9.17) is 4.98 Å². The molecule has 0 N–H and O–H groups in total. The number of hydrogen-bond donors (Lipinski definition) is 0. The molecule has 5 rings (SSSR count). The third kappa shape index (κ3) is 6.39. The molecule has 3 aromatic rings. The Bertz CT molecular complexity index is 1560. The van der Waals surface area contributed by atoms with E-state index in [1.807, 2.05) is 17.8 Å². The smallest absolute Gasteiger partial charge is 0.351 e. The van der Waals surface area contributed by atoms with Gasteiger partial charge >= 0.3 is 12.4 Å². The van der Waals surface area contributed by atoms with Crippen molar-refractivity contribution in [1.82, 2.24) is 4.98 Å². The van der Waals surface area contributed by atoms with Crippen LogP contribution >= 0.6 is 11.8 Å². The number of fused-ring (bicyclic) bond motifs is 2. The maximum Gasteiger partial charge on any atom is 0.416 e. The number of carbonyl (C=O) groups is 1. The molecule has 2 bridgehead atoms. The molecule has 2 aliphatic rings. The molecule has 2 aliphatic heterocycles. The van der Waals surface area contributed by atoms with Crippen LogP contribution in [-0.4, -0.2) is 41.5 Å². The number of hydrogen-bond acceptors (Lipinski definition) is 4. The van der Waals surface area contributed by atoms with Crippen LogP contribution in [0.3, 0.4) is 0 Å². The van der Waals surface area contributed by atoms with Gasteiger partial charge in [0, 0.05) is 29.9 Å². The predicted octanol–water partition coefficient (Wildman–Crippen LogP) is 9.04. The van der Waals surface area contributed by atoms with Crippen LogP contribution in [0.25, 0.3) is 11.1 Å². The van der Waals surface area contributed by atoms with Crippen molar-refractivity contribution in [3.63, 3.8) is 0 Å². The van der Waals surface area contributed by atoms with Gasteiger partial charge in [0.2, 0.25) is 5.91 Å². The highest BCUT2D eigenvalue weighted by molar-refractivity contribution is 7.99. The van der Waals surface area contributed by atoms with Gasteiger partial charge in [0.1, 0.15) is 11.6 Å². The molecule has 12 heteroatoms. The summed E-state index contributed by atoms with van der Waals surface area (Å²) in [7, 11) is 1.41. The number of piperidine rings is 1. The summed E-state index contributed by atoms with van der Waals surface area (Å²) in [5, 5.41) is 0.552. The third-order valence-corrected chi connectivity index (χ3v) is 10.2. The maximum atomic E-state index is 14.1. The summed E-state index contributed by atoms with van der Waals surface area (Å²) in [5.74, 6) is -0.483. The van der Waals surface area contributed by atoms with Gasteiger partial charge in [-0.3, -0.25) is 4.79 Å². The predicted molar refractivity (Wildman–Crippen MR) is 163 cm³/mol. The molecule has 2 fully saturated rings. The molecular weight excluding hydrogens is 619 g/mol. The molecule has 2 atom stereocenters. The van der Waals surface area contributed by atoms with Crippen molar-refractivity contribution in [2.24, 2.45) is 0 Å². The molecule has 2 unspecified atom stereocenters. The summed E-state index contributed by atoms with van der Waals surface area (Å²) in [6, 6.07) is 7.90. The van der Waals surface area contributed by atoms with Crippen molar-refractivity contribution in [2.75, 3.05) is 23.1 Å². The van der Waals surface area contributed by atoms with Gasteiger partial charge in [0.25, 0.3) is 0 Å². The lowest BCUT2D eigenvalue weighted by atomic mass is 9.81. The number of aromatic nitrogens is 1. The first-order valence-corrected chi connectivity index (χ1v) is 15.9. The summed E-state index contributed by atoms with van der Waals surface area (Å²) in [6.07, 6.45) is -2.42. The Morgan fingerprint density at radius 3 is 1.96 bits per heavy atom. The van der Waals surface area contributed by atoms with E-state index in [-0.39, 0.29) is 6.07 Å². The van der Waals surface area contributed by atoms with Gasteiger partial charge < -0.3 is 9.80 Å². The van der Waals surface area contributed by atoms with Crippen molar-refractivity contribution >= 4 is 29.2 Å². The van der Waals surface area contributed by atoms with Crippen molar-refractivity contribution in [3.05, 3.63) is 76.7 Å². The number of alkyl halides is 6. The van der Waals surface area contributed by atoms with E-state index in [1.165, 1.54) is 44.1 Å². The second-order valence-corrected chi connectivity index (χ2v) is 13.6. The Balaban J connectivity index is 1.59. The third-order valence-electron chi connectivity index (χ3n) is 9.14. The number of anilines is 2. The number of aryl methyl sites for hydroxylation is 1. The number of halogens is 7. The Kier molecular flexibility index (Phi) is 8.69. The Labute approximate surface area is 262 Å². The van der Waals surface area contributed by atoms with Crippen LogP contribution in [0, 0.1) is 12.7 Å². The zero-order valence-electron chi connectivity index (χ0n) is 25.5. The first-order valence-electron chi connectivity index (χ1n) is 14.6. The van der Waals surface area contributed by atoms with Gasteiger partial charge in [-0.05, 0) is 106 Å². The molecule has 0 radical (unpaired) electrons. The van der Waals surface area contributed by atoms with E-state index in [9.17, 15) is 35.5 Å². The normalized spacial score (nSPS) is 20.4. The van der Waals surface area contributed by atoms with E-state index >= 15 is 0 Å². The first-order chi connectivity index (χ1) is 20.9. The number of nitrogens with zero attached hydrogens (tertiary/aromatic N) is 3. The van der Waals surface area contributed by atoms with E-state index in [0.29, 0.717) is 57.7 Å². The fourth-order valence-electron chi connectivity index (χ4n) is 6.65. The molecule has 3 heterocycles. The largest absolute Gasteiger partial charge is 0.416 e. The van der Waals surface area contributed by atoms with E-state index in [1.54, 1.807) is 13.0 Å². The maximum absolute atomic E-state index is 14.1. The summed E-state index contributed by atoms with van der Waals surface area (Å²) >= 11 is 1.86. The molecule has 0 aliphatic carbocycles. The zero-order chi connectivity index (χ0) is 33.1. The second-order valence-electron chi connectivity index (χ2n) is 12.4. The Morgan fingerprint density at radius 2 is 1.44 bits per heavy atom. The number of rotatable bonds is 6. The van der Waals surface area contributed by atoms with Crippen LogP contribution in [0.1, 0.15) is 61.8 Å². The fourth-order valence-corrected chi connectivity index (χ4v) is 7.48. The number of amides is 1. The Morgan fingerprint density at radius 1 is 0.889 bits per heavy atom. The molecule has 4 nitrogen and oxygen atoms in total. The summed E-state index contributed by atoms with van der Waals surface area (Å²) in [5.41, 5.74) is -3.17. The molecule has 242 valence electrons.